The maximum atomic E-state index is 11.5. The third-order valence-electron chi connectivity index (χ3n) is 4.21. The average Bonchev–Trinajstić information content (AvgIpc) is 2.93. The van der Waals surface area contributed by atoms with Gasteiger partial charge in [-0.3, -0.25) is 0 Å². The zero-order valence-corrected chi connectivity index (χ0v) is 12.9. The lowest BCUT2D eigenvalue weighted by Gasteiger charge is -2.30. The van der Waals surface area contributed by atoms with Crippen LogP contribution in [0.5, 0.6) is 0 Å². The number of carboxylic acid groups (broad SMARTS) is 1. The standard InChI is InChI=1S/C16H20N4O2/c1-11-7-9-19(10-8-11)15-14(16(21)22)17-20(18-15)13-6-4-3-5-12(13)2/h3-6,11H,7-10H2,1-2H3,(H,21,22). The van der Waals surface area contributed by atoms with Crippen LogP contribution in [-0.4, -0.2) is 39.2 Å². The van der Waals surface area contributed by atoms with E-state index in [9.17, 15) is 9.90 Å². The third-order valence-corrected chi connectivity index (χ3v) is 4.21. The highest BCUT2D eigenvalue weighted by Crippen LogP contribution is 2.25. The number of carbonyl (C=O) groups is 1. The molecule has 1 aromatic heterocycles. The Hall–Kier alpha value is -2.37. The normalized spacial score (nSPS) is 16.0. The number of carboxylic acids is 1. The molecule has 6 heteroatoms. The third kappa shape index (κ3) is 2.68. The number of anilines is 1. The van der Waals surface area contributed by atoms with Gasteiger partial charge in [0.15, 0.2) is 5.82 Å². The molecule has 0 amide bonds. The summed E-state index contributed by atoms with van der Waals surface area (Å²) in [5.41, 5.74) is 1.84. The van der Waals surface area contributed by atoms with Crippen LogP contribution >= 0.6 is 0 Å². The number of hydrogen-bond donors (Lipinski definition) is 1. The number of para-hydroxylation sites is 1. The van der Waals surface area contributed by atoms with Crippen molar-refractivity contribution in [2.24, 2.45) is 5.92 Å². The summed E-state index contributed by atoms with van der Waals surface area (Å²) >= 11 is 0. The van der Waals surface area contributed by atoms with E-state index in [4.69, 9.17) is 0 Å². The van der Waals surface area contributed by atoms with Crippen molar-refractivity contribution in [3.05, 3.63) is 35.5 Å². The summed E-state index contributed by atoms with van der Waals surface area (Å²) in [6.45, 7) is 5.84. The minimum absolute atomic E-state index is 0.0257. The van der Waals surface area contributed by atoms with Crippen LogP contribution in [0.15, 0.2) is 24.3 Å². The first-order chi connectivity index (χ1) is 10.6. The average molecular weight is 300 g/mol. The van der Waals surface area contributed by atoms with Crippen molar-refractivity contribution in [3.63, 3.8) is 0 Å². The highest BCUT2D eigenvalue weighted by atomic mass is 16.4. The first-order valence-corrected chi connectivity index (χ1v) is 7.58. The second-order valence-electron chi connectivity index (χ2n) is 5.92. The fourth-order valence-corrected chi connectivity index (χ4v) is 2.77. The van der Waals surface area contributed by atoms with Crippen LogP contribution in [0, 0.1) is 12.8 Å². The van der Waals surface area contributed by atoms with Gasteiger partial charge in [-0.15, -0.1) is 15.0 Å². The summed E-state index contributed by atoms with van der Waals surface area (Å²) in [5.74, 6) is 0.118. The lowest BCUT2D eigenvalue weighted by molar-refractivity contribution is 0.0690. The Labute approximate surface area is 129 Å². The van der Waals surface area contributed by atoms with Gasteiger partial charge in [0.1, 0.15) is 0 Å². The lowest BCUT2D eigenvalue weighted by Crippen LogP contribution is -2.34. The second-order valence-corrected chi connectivity index (χ2v) is 5.92. The Bertz CT molecular complexity index is 687. The molecular weight excluding hydrogens is 280 g/mol. The van der Waals surface area contributed by atoms with Crippen LogP contribution in [0.2, 0.25) is 0 Å². The summed E-state index contributed by atoms with van der Waals surface area (Å²) in [7, 11) is 0. The van der Waals surface area contributed by atoms with Crippen LogP contribution in [-0.2, 0) is 0 Å². The molecular formula is C16H20N4O2. The van der Waals surface area contributed by atoms with E-state index in [0.717, 1.165) is 37.2 Å². The minimum Gasteiger partial charge on any atom is -0.476 e. The van der Waals surface area contributed by atoms with E-state index in [0.29, 0.717) is 11.7 Å². The van der Waals surface area contributed by atoms with Crippen molar-refractivity contribution in [2.75, 3.05) is 18.0 Å². The molecule has 0 atom stereocenters. The van der Waals surface area contributed by atoms with E-state index < -0.39 is 5.97 Å². The summed E-state index contributed by atoms with van der Waals surface area (Å²) in [6, 6.07) is 7.69. The Morgan fingerprint density at radius 2 is 1.91 bits per heavy atom. The van der Waals surface area contributed by atoms with Gasteiger partial charge in [-0.1, -0.05) is 25.1 Å². The summed E-state index contributed by atoms with van der Waals surface area (Å²) in [4.78, 5) is 15.0. The maximum absolute atomic E-state index is 11.5. The van der Waals surface area contributed by atoms with Crippen molar-refractivity contribution in [1.29, 1.82) is 0 Å². The zero-order valence-electron chi connectivity index (χ0n) is 12.9. The molecule has 0 unspecified atom stereocenters. The van der Waals surface area contributed by atoms with Crippen molar-refractivity contribution >= 4 is 11.8 Å². The van der Waals surface area contributed by atoms with E-state index in [1.165, 1.54) is 4.80 Å². The van der Waals surface area contributed by atoms with Gasteiger partial charge >= 0.3 is 5.97 Å². The van der Waals surface area contributed by atoms with Gasteiger partial charge in [-0.2, -0.15) is 0 Å². The quantitative estimate of drug-likeness (QED) is 0.943. The van der Waals surface area contributed by atoms with Gasteiger partial charge < -0.3 is 10.0 Å². The monoisotopic (exact) mass is 300 g/mol. The molecule has 0 bridgehead atoms. The van der Waals surface area contributed by atoms with Crippen molar-refractivity contribution in [2.45, 2.75) is 26.7 Å². The number of benzene rings is 1. The molecule has 22 heavy (non-hydrogen) atoms. The summed E-state index contributed by atoms with van der Waals surface area (Å²) in [6.07, 6.45) is 2.10. The molecule has 1 aliphatic rings. The predicted molar refractivity (Wildman–Crippen MR) is 83.7 cm³/mol. The molecule has 2 heterocycles. The summed E-state index contributed by atoms with van der Waals surface area (Å²) in [5, 5.41) is 18.1. The van der Waals surface area contributed by atoms with Gasteiger partial charge in [0.05, 0.1) is 5.69 Å². The van der Waals surface area contributed by atoms with Gasteiger partial charge in [0.25, 0.3) is 0 Å². The van der Waals surface area contributed by atoms with E-state index in [-0.39, 0.29) is 5.69 Å². The van der Waals surface area contributed by atoms with Crippen LogP contribution in [0.25, 0.3) is 5.69 Å². The SMILES string of the molecule is Cc1ccccc1-n1nc(C(=O)O)c(N2CCC(C)CC2)n1. The maximum Gasteiger partial charge on any atom is 0.360 e. The fourth-order valence-electron chi connectivity index (χ4n) is 2.77. The predicted octanol–water partition coefficient (Wildman–Crippen LogP) is 2.51. The highest BCUT2D eigenvalue weighted by Gasteiger charge is 2.26. The van der Waals surface area contributed by atoms with Crippen LogP contribution in [0.3, 0.4) is 0 Å². The van der Waals surface area contributed by atoms with Crippen molar-refractivity contribution in [1.82, 2.24) is 15.0 Å². The van der Waals surface area contributed by atoms with E-state index in [2.05, 4.69) is 17.1 Å². The van der Waals surface area contributed by atoms with Crippen molar-refractivity contribution in [3.8, 4) is 5.69 Å². The topological polar surface area (TPSA) is 71.2 Å². The number of nitrogens with zero attached hydrogens (tertiary/aromatic N) is 4. The molecule has 116 valence electrons. The molecule has 1 aromatic carbocycles. The van der Waals surface area contributed by atoms with Gasteiger partial charge in [-0.05, 0) is 37.3 Å². The molecule has 0 saturated carbocycles. The number of aryl methyl sites for hydroxylation is 1. The molecule has 0 radical (unpaired) electrons. The Morgan fingerprint density at radius 3 is 2.55 bits per heavy atom. The van der Waals surface area contributed by atoms with Crippen LogP contribution in [0.4, 0.5) is 5.82 Å². The number of hydrogen-bond acceptors (Lipinski definition) is 4. The summed E-state index contributed by atoms with van der Waals surface area (Å²) < 4.78 is 0. The van der Waals surface area contributed by atoms with E-state index in [1.54, 1.807) is 0 Å². The molecule has 3 rings (SSSR count). The Kier molecular flexibility index (Phi) is 3.83. The Morgan fingerprint density at radius 1 is 1.23 bits per heavy atom. The molecule has 1 fully saturated rings. The first kappa shape index (κ1) is 14.6. The molecule has 1 saturated heterocycles. The second kappa shape index (κ2) is 5.79. The zero-order chi connectivity index (χ0) is 15.7. The smallest absolute Gasteiger partial charge is 0.360 e. The van der Waals surface area contributed by atoms with Gasteiger partial charge in [0, 0.05) is 13.1 Å². The highest BCUT2D eigenvalue weighted by molar-refractivity contribution is 5.91. The van der Waals surface area contributed by atoms with Gasteiger partial charge in [-0.25, -0.2) is 4.79 Å². The van der Waals surface area contributed by atoms with Crippen LogP contribution < -0.4 is 4.90 Å². The largest absolute Gasteiger partial charge is 0.476 e. The number of aromatic nitrogens is 3. The lowest BCUT2D eigenvalue weighted by atomic mass is 9.99. The molecule has 6 nitrogen and oxygen atoms in total. The molecule has 2 aromatic rings. The van der Waals surface area contributed by atoms with E-state index >= 15 is 0 Å². The molecule has 1 aliphatic heterocycles. The number of aromatic carboxylic acids is 1. The van der Waals surface area contributed by atoms with E-state index in [1.807, 2.05) is 36.1 Å². The van der Waals surface area contributed by atoms with Gasteiger partial charge in [0.2, 0.25) is 5.69 Å². The van der Waals surface area contributed by atoms with Crippen LogP contribution in [0.1, 0.15) is 35.8 Å². The Balaban J connectivity index is 2.00. The fraction of sp³-hybridized carbons (Fsp3) is 0.438. The first-order valence-electron chi connectivity index (χ1n) is 7.58. The van der Waals surface area contributed by atoms with Crippen molar-refractivity contribution < 1.29 is 9.90 Å². The number of rotatable bonds is 3. The molecule has 1 N–H and O–H groups in total. The molecule has 0 aliphatic carbocycles. The number of piperidine rings is 1. The molecule has 0 spiro atoms. The minimum atomic E-state index is -1.03.